The number of sulfonamides is 1. The highest BCUT2D eigenvalue weighted by Crippen LogP contribution is 2.16. The van der Waals surface area contributed by atoms with Gasteiger partial charge in [0.15, 0.2) is 0 Å². The van der Waals surface area contributed by atoms with E-state index in [2.05, 4.69) is 9.71 Å². The standard InChI is InChI=1S/C20H22N2O3S/c1-13-4-6-18(11-14(13)2)26(24,25)21-9-8-16-5-7-19-17(12-16)10-15(3)20(23)22-19/h4-7,10-12,21H,8-9H2,1-3H3,(H,22,23). The Bertz CT molecular complexity index is 1130. The molecular formula is C20H22N2O3S. The first-order valence-electron chi connectivity index (χ1n) is 8.46. The van der Waals surface area contributed by atoms with Gasteiger partial charge in [-0.1, -0.05) is 12.1 Å². The van der Waals surface area contributed by atoms with E-state index >= 15 is 0 Å². The van der Waals surface area contributed by atoms with Crippen LogP contribution >= 0.6 is 0 Å². The summed E-state index contributed by atoms with van der Waals surface area (Å²) in [6.45, 7) is 5.93. The average Bonchev–Trinajstić information content (AvgIpc) is 2.58. The maximum absolute atomic E-state index is 12.4. The number of aromatic amines is 1. The summed E-state index contributed by atoms with van der Waals surface area (Å²) in [6.07, 6.45) is 0.568. The molecule has 1 heterocycles. The number of aryl methyl sites for hydroxylation is 3. The zero-order valence-electron chi connectivity index (χ0n) is 15.1. The van der Waals surface area contributed by atoms with Crippen molar-refractivity contribution < 1.29 is 8.42 Å². The van der Waals surface area contributed by atoms with E-state index < -0.39 is 10.0 Å². The first-order chi connectivity index (χ1) is 12.3. The largest absolute Gasteiger partial charge is 0.322 e. The maximum Gasteiger partial charge on any atom is 0.251 e. The van der Waals surface area contributed by atoms with Crippen LogP contribution in [0.25, 0.3) is 10.9 Å². The van der Waals surface area contributed by atoms with Crippen LogP contribution in [0.4, 0.5) is 0 Å². The lowest BCUT2D eigenvalue weighted by Gasteiger charge is -2.09. The molecule has 3 aromatic rings. The molecule has 0 radical (unpaired) electrons. The lowest BCUT2D eigenvalue weighted by atomic mass is 10.1. The van der Waals surface area contributed by atoms with Gasteiger partial charge in [-0.05, 0) is 79.6 Å². The first-order valence-corrected chi connectivity index (χ1v) is 9.94. The molecule has 0 spiro atoms. The van der Waals surface area contributed by atoms with E-state index in [0.29, 0.717) is 18.5 Å². The topological polar surface area (TPSA) is 79.0 Å². The summed E-state index contributed by atoms with van der Waals surface area (Å²) >= 11 is 0. The molecule has 0 amide bonds. The lowest BCUT2D eigenvalue weighted by Crippen LogP contribution is -2.26. The third-order valence-electron chi connectivity index (χ3n) is 4.59. The molecule has 1 aromatic heterocycles. The molecule has 2 N–H and O–H groups in total. The Labute approximate surface area is 153 Å². The highest BCUT2D eigenvalue weighted by molar-refractivity contribution is 7.89. The number of aromatic nitrogens is 1. The second kappa shape index (κ2) is 7.05. The van der Waals surface area contributed by atoms with Crippen molar-refractivity contribution in [1.82, 2.24) is 9.71 Å². The van der Waals surface area contributed by atoms with Gasteiger partial charge in [0.1, 0.15) is 0 Å². The summed E-state index contributed by atoms with van der Waals surface area (Å²) in [7, 11) is -3.52. The van der Waals surface area contributed by atoms with Gasteiger partial charge >= 0.3 is 0 Å². The van der Waals surface area contributed by atoms with Gasteiger partial charge in [0.2, 0.25) is 10.0 Å². The van der Waals surface area contributed by atoms with E-state index in [1.54, 1.807) is 19.1 Å². The van der Waals surface area contributed by atoms with Crippen molar-refractivity contribution in [3.05, 3.63) is 75.1 Å². The summed E-state index contributed by atoms with van der Waals surface area (Å²) in [5.74, 6) is 0. The van der Waals surface area contributed by atoms with Crippen molar-refractivity contribution in [2.24, 2.45) is 0 Å². The van der Waals surface area contributed by atoms with E-state index in [1.165, 1.54) is 0 Å². The molecule has 0 aliphatic carbocycles. The molecule has 0 fully saturated rings. The van der Waals surface area contributed by atoms with Crippen LogP contribution in [0.1, 0.15) is 22.3 Å². The minimum absolute atomic E-state index is 0.0913. The summed E-state index contributed by atoms with van der Waals surface area (Å²) < 4.78 is 27.5. The number of hydrogen-bond acceptors (Lipinski definition) is 3. The molecule has 0 aliphatic heterocycles. The second-order valence-electron chi connectivity index (χ2n) is 6.60. The zero-order valence-corrected chi connectivity index (χ0v) is 15.9. The molecule has 0 unspecified atom stereocenters. The third-order valence-corrected chi connectivity index (χ3v) is 6.05. The molecular weight excluding hydrogens is 348 g/mol. The fraction of sp³-hybridized carbons (Fsp3) is 0.250. The number of fused-ring (bicyclic) bond motifs is 1. The molecule has 0 bridgehead atoms. The summed E-state index contributed by atoms with van der Waals surface area (Å²) in [5, 5.41) is 0.941. The van der Waals surface area contributed by atoms with E-state index in [-0.39, 0.29) is 10.5 Å². The van der Waals surface area contributed by atoms with Crippen LogP contribution in [-0.2, 0) is 16.4 Å². The molecule has 0 aliphatic rings. The summed E-state index contributed by atoms with van der Waals surface area (Å²) in [4.78, 5) is 14.8. The minimum atomic E-state index is -3.52. The molecule has 26 heavy (non-hydrogen) atoms. The Balaban J connectivity index is 1.72. The number of H-pyrrole nitrogens is 1. The molecule has 0 saturated carbocycles. The monoisotopic (exact) mass is 370 g/mol. The summed E-state index contributed by atoms with van der Waals surface area (Å²) in [5.41, 5.74) is 4.36. The van der Waals surface area contributed by atoms with E-state index in [4.69, 9.17) is 0 Å². The average molecular weight is 370 g/mol. The van der Waals surface area contributed by atoms with Crippen molar-refractivity contribution in [2.45, 2.75) is 32.1 Å². The van der Waals surface area contributed by atoms with Gasteiger partial charge < -0.3 is 4.98 Å². The number of pyridine rings is 1. The normalized spacial score (nSPS) is 11.8. The Morgan fingerprint density at radius 3 is 2.42 bits per heavy atom. The Morgan fingerprint density at radius 1 is 0.923 bits per heavy atom. The van der Waals surface area contributed by atoms with E-state index in [0.717, 1.165) is 27.6 Å². The quantitative estimate of drug-likeness (QED) is 0.725. The fourth-order valence-electron chi connectivity index (χ4n) is 2.81. The number of hydrogen-bond donors (Lipinski definition) is 2. The van der Waals surface area contributed by atoms with Crippen LogP contribution in [0, 0.1) is 20.8 Å². The van der Waals surface area contributed by atoms with Gasteiger partial charge in [-0.15, -0.1) is 0 Å². The number of nitrogens with one attached hydrogen (secondary N) is 2. The van der Waals surface area contributed by atoms with Crippen LogP contribution in [0.5, 0.6) is 0 Å². The molecule has 3 rings (SSSR count). The van der Waals surface area contributed by atoms with Crippen LogP contribution in [0.2, 0.25) is 0 Å². The predicted octanol–water partition coefficient (Wildman–Crippen LogP) is 2.97. The molecule has 0 atom stereocenters. The van der Waals surface area contributed by atoms with Gasteiger partial charge in [-0.3, -0.25) is 4.79 Å². The molecule has 2 aromatic carbocycles. The Hall–Kier alpha value is -2.44. The van der Waals surface area contributed by atoms with Crippen molar-refractivity contribution in [3.63, 3.8) is 0 Å². The van der Waals surface area contributed by atoms with Gasteiger partial charge in [0.25, 0.3) is 5.56 Å². The molecule has 0 saturated heterocycles. The molecule has 6 heteroatoms. The van der Waals surface area contributed by atoms with Gasteiger partial charge in [-0.2, -0.15) is 0 Å². The summed E-state index contributed by atoms with van der Waals surface area (Å²) in [6, 6.07) is 12.7. The van der Waals surface area contributed by atoms with E-state index in [9.17, 15) is 13.2 Å². The fourth-order valence-corrected chi connectivity index (χ4v) is 3.93. The van der Waals surface area contributed by atoms with Crippen LogP contribution < -0.4 is 10.3 Å². The van der Waals surface area contributed by atoms with Crippen molar-refractivity contribution in [1.29, 1.82) is 0 Å². The highest BCUT2D eigenvalue weighted by atomic mass is 32.2. The van der Waals surface area contributed by atoms with Gasteiger partial charge in [0.05, 0.1) is 4.90 Å². The smallest absolute Gasteiger partial charge is 0.251 e. The van der Waals surface area contributed by atoms with Crippen molar-refractivity contribution >= 4 is 20.9 Å². The molecule has 136 valence electrons. The Morgan fingerprint density at radius 2 is 1.69 bits per heavy atom. The third kappa shape index (κ3) is 3.86. The first kappa shape index (κ1) is 18.4. The zero-order chi connectivity index (χ0) is 18.9. The SMILES string of the molecule is Cc1ccc(S(=O)(=O)NCCc2ccc3[nH]c(=O)c(C)cc3c2)cc1C. The number of rotatable bonds is 5. The lowest BCUT2D eigenvalue weighted by molar-refractivity contribution is 0.581. The van der Waals surface area contributed by atoms with Crippen molar-refractivity contribution in [2.75, 3.05) is 6.54 Å². The predicted molar refractivity (Wildman–Crippen MR) is 104 cm³/mol. The van der Waals surface area contributed by atoms with Crippen LogP contribution in [-0.4, -0.2) is 19.9 Å². The Kier molecular flexibility index (Phi) is 4.98. The van der Waals surface area contributed by atoms with Gasteiger partial charge in [-0.25, -0.2) is 13.1 Å². The van der Waals surface area contributed by atoms with E-state index in [1.807, 2.05) is 44.2 Å². The minimum Gasteiger partial charge on any atom is -0.322 e. The van der Waals surface area contributed by atoms with Crippen molar-refractivity contribution in [3.8, 4) is 0 Å². The maximum atomic E-state index is 12.4. The number of benzene rings is 2. The highest BCUT2D eigenvalue weighted by Gasteiger charge is 2.14. The van der Waals surface area contributed by atoms with Crippen LogP contribution in [0.15, 0.2) is 52.2 Å². The molecule has 5 nitrogen and oxygen atoms in total. The van der Waals surface area contributed by atoms with Gasteiger partial charge in [0, 0.05) is 17.6 Å². The second-order valence-corrected chi connectivity index (χ2v) is 8.36. The van der Waals surface area contributed by atoms with Crippen LogP contribution in [0.3, 0.4) is 0 Å².